The molecular weight excluding hydrogens is 315 g/mol. The number of hydrogen-bond acceptors (Lipinski definition) is 2. The van der Waals surface area contributed by atoms with E-state index in [2.05, 4.69) is 4.90 Å². The SMILES string of the molecule is NCC1c2c(Cl)cc(Cl)cc2CN1c1cccc(Cl)c1. The van der Waals surface area contributed by atoms with Gasteiger partial charge in [-0.15, -0.1) is 0 Å². The molecule has 0 aromatic heterocycles. The number of rotatable bonds is 2. The second kappa shape index (κ2) is 5.45. The zero-order valence-corrected chi connectivity index (χ0v) is 12.9. The van der Waals surface area contributed by atoms with Gasteiger partial charge in [-0.3, -0.25) is 0 Å². The van der Waals surface area contributed by atoms with Crippen molar-refractivity contribution in [3.05, 3.63) is 62.6 Å². The third kappa shape index (κ3) is 2.38. The van der Waals surface area contributed by atoms with E-state index >= 15 is 0 Å². The van der Waals surface area contributed by atoms with Crippen molar-refractivity contribution >= 4 is 40.5 Å². The zero-order valence-electron chi connectivity index (χ0n) is 10.6. The van der Waals surface area contributed by atoms with Crippen LogP contribution in [0.25, 0.3) is 0 Å². The molecule has 2 nitrogen and oxygen atoms in total. The molecule has 0 amide bonds. The van der Waals surface area contributed by atoms with Crippen LogP contribution in [0.5, 0.6) is 0 Å². The Morgan fingerprint density at radius 1 is 1.10 bits per heavy atom. The molecule has 0 saturated carbocycles. The van der Waals surface area contributed by atoms with Gasteiger partial charge in [0.15, 0.2) is 0 Å². The maximum atomic E-state index is 6.34. The van der Waals surface area contributed by atoms with Gasteiger partial charge < -0.3 is 10.6 Å². The Kier molecular flexibility index (Phi) is 3.83. The Hall–Kier alpha value is -0.930. The largest absolute Gasteiger partial charge is 0.359 e. The van der Waals surface area contributed by atoms with Gasteiger partial charge in [0.25, 0.3) is 0 Å². The van der Waals surface area contributed by atoms with Crippen LogP contribution in [0.1, 0.15) is 17.2 Å². The molecular formula is C15H13Cl3N2. The molecule has 2 aromatic carbocycles. The summed E-state index contributed by atoms with van der Waals surface area (Å²) in [7, 11) is 0. The number of nitrogens with two attached hydrogens (primary N) is 1. The number of hydrogen-bond donors (Lipinski definition) is 1. The summed E-state index contributed by atoms with van der Waals surface area (Å²) in [6.07, 6.45) is 0. The lowest BCUT2D eigenvalue weighted by Crippen LogP contribution is -2.27. The predicted molar refractivity (Wildman–Crippen MR) is 85.9 cm³/mol. The summed E-state index contributed by atoms with van der Waals surface area (Å²) in [6.45, 7) is 1.22. The van der Waals surface area contributed by atoms with Gasteiger partial charge in [0.05, 0.1) is 6.04 Å². The van der Waals surface area contributed by atoms with Crippen molar-refractivity contribution < 1.29 is 0 Å². The van der Waals surface area contributed by atoms with Crippen LogP contribution < -0.4 is 10.6 Å². The van der Waals surface area contributed by atoms with E-state index in [0.717, 1.165) is 23.4 Å². The molecule has 0 fully saturated rings. The van der Waals surface area contributed by atoms with Crippen molar-refractivity contribution in [3.8, 4) is 0 Å². The summed E-state index contributed by atoms with van der Waals surface area (Å²) in [5.41, 5.74) is 9.18. The third-order valence-electron chi connectivity index (χ3n) is 3.59. The molecule has 1 atom stereocenters. The fourth-order valence-corrected chi connectivity index (χ4v) is 3.61. The van der Waals surface area contributed by atoms with E-state index < -0.39 is 0 Å². The van der Waals surface area contributed by atoms with Crippen molar-refractivity contribution in [2.75, 3.05) is 11.4 Å². The minimum atomic E-state index is 0.0493. The summed E-state index contributed by atoms with van der Waals surface area (Å²) < 4.78 is 0. The molecule has 0 spiro atoms. The van der Waals surface area contributed by atoms with Gasteiger partial charge in [-0.1, -0.05) is 40.9 Å². The van der Waals surface area contributed by atoms with Gasteiger partial charge in [0, 0.05) is 33.8 Å². The standard InChI is InChI=1S/C15H13Cl3N2/c16-10-2-1-3-12(5-10)20-8-9-4-11(17)6-13(18)15(9)14(20)7-19/h1-6,14H,7-8,19H2. The first-order valence-corrected chi connectivity index (χ1v) is 7.43. The highest BCUT2D eigenvalue weighted by atomic mass is 35.5. The summed E-state index contributed by atoms with van der Waals surface area (Å²) in [5, 5.41) is 2.03. The molecule has 1 aliphatic rings. The number of benzene rings is 2. The molecule has 5 heteroatoms. The molecule has 1 heterocycles. The number of nitrogens with zero attached hydrogens (tertiary/aromatic N) is 1. The Morgan fingerprint density at radius 2 is 1.90 bits per heavy atom. The highest BCUT2D eigenvalue weighted by Gasteiger charge is 2.31. The fraction of sp³-hybridized carbons (Fsp3) is 0.200. The molecule has 2 N–H and O–H groups in total. The topological polar surface area (TPSA) is 29.3 Å². The minimum absolute atomic E-state index is 0.0493. The van der Waals surface area contributed by atoms with Crippen LogP contribution in [-0.4, -0.2) is 6.54 Å². The van der Waals surface area contributed by atoms with Crippen molar-refractivity contribution in [2.24, 2.45) is 5.73 Å². The van der Waals surface area contributed by atoms with Crippen molar-refractivity contribution in [2.45, 2.75) is 12.6 Å². The van der Waals surface area contributed by atoms with Crippen LogP contribution in [0.2, 0.25) is 15.1 Å². The highest BCUT2D eigenvalue weighted by Crippen LogP contribution is 2.42. The monoisotopic (exact) mass is 326 g/mol. The number of anilines is 1. The summed E-state index contributed by atoms with van der Waals surface area (Å²) in [6, 6.07) is 11.5. The van der Waals surface area contributed by atoms with E-state index in [-0.39, 0.29) is 6.04 Å². The van der Waals surface area contributed by atoms with E-state index in [1.807, 2.05) is 30.3 Å². The van der Waals surface area contributed by atoms with Gasteiger partial charge in [-0.2, -0.15) is 0 Å². The van der Waals surface area contributed by atoms with Gasteiger partial charge >= 0.3 is 0 Å². The summed E-state index contributed by atoms with van der Waals surface area (Å²) in [4.78, 5) is 2.21. The molecule has 0 saturated heterocycles. The summed E-state index contributed by atoms with van der Waals surface area (Å²) in [5.74, 6) is 0. The Balaban J connectivity index is 2.07. The van der Waals surface area contributed by atoms with Crippen molar-refractivity contribution in [3.63, 3.8) is 0 Å². The molecule has 1 unspecified atom stereocenters. The minimum Gasteiger partial charge on any atom is -0.359 e. The van der Waals surface area contributed by atoms with Crippen LogP contribution in [0.15, 0.2) is 36.4 Å². The Labute approximate surface area is 133 Å². The molecule has 1 aliphatic heterocycles. The normalized spacial score (nSPS) is 17.4. The lowest BCUT2D eigenvalue weighted by Gasteiger charge is -2.26. The lowest BCUT2D eigenvalue weighted by atomic mass is 10.0. The average Bonchev–Trinajstić information content (AvgIpc) is 2.77. The van der Waals surface area contributed by atoms with Crippen LogP contribution >= 0.6 is 34.8 Å². The maximum Gasteiger partial charge on any atom is 0.0686 e. The second-order valence-corrected chi connectivity index (χ2v) is 6.10. The molecule has 3 rings (SSSR count). The van der Waals surface area contributed by atoms with E-state index in [9.17, 15) is 0 Å². The maximum absolute atomic E-state index is 6.34. The number of halogens is 3. The quantitative estimate of drug-likeness (QED) is 0.868. The smallest absolute Gasteiger partial charge is 0.0686 e. The molecule has 20 heavy (non-hydrogen) atoms. The molecule has 2 aromatic rings. The van der Waals surface area contributed by atoms with Gasteiger partial charge in [0.2, 0.25) is 0 Å². The van der Waals surface area contributed by atoms with E-state index in [4.69, 9.17) is 40.5 Å². The highest BCUT2D eigenvalue weighted by molar-refractivity contribution is 6.35. The summed E-state index contributed by atoms with van der Waals surface area (Å²) >= 11 is 18.5. The van der Waals surface area contributed by atoms with Crippen LogP contribution in [-0.2, 0) is 6.54 Å². The molecule has 104 valence electrons. The number of fused-ring (bicyclic) bond motifs is 1. The predicted octanol–water partition coefficient (Wildman–Crippen LogP) is 4.67. The van der Waals surface area contributed by atoms with Gasteiger partial charge in [-0.05, 0) is 41.5 Å². The van der Waals surface area contributed by atoms with Crippen LogP contribution in [0.3, 0.4) is 0 Å². The van der Waals surface area contributed by atoms with Crippen LogP contribution in [0.4, 0.5) is 5.69 Å². The fourth-order valence-electron chi connectivity index (χ4n) is 2.76. The first-order valence-electron chi connectivity index (χ1n) is 6.30. The van der Waals surface area contributed by atoms with Crippen molar-refractivity contribution in [1.29, 1.82) is 0 Å². The van der Waals surface area contributed by atoms with Crippen molar-refractivity contribution in [1.82, 2.24) is 0 Å². The molecule has 0 aliphatic carbocycles. The molecule has 0 radical (unpaired) electrons. The van der Waals surface area contributed by atoms with E-state index in [1.165, 1.54) is 0 Å². The molecule has 0 bridgehead atoms. The third-order valence-corrected chi connectivity index (χ3v) is 4.36. The first-order chi connectivity index (χ1) is 9.60. The van der Waals surface area contributed by atoms with Crippen LogP contribution in [0, 0.1) is 0 Å². The lowest BCUT2D eigenvalue weighted by molar-refractivity contribution is 0.679. The average molecular weight is 328 g/mol. The van der Waals surface area contributed by atoms with E-state index in [1.54, 1.807) is 6.07 Å². The van der Waals surface area contributed by atoms with E-state index in [0.29, 0.717) is 21.6 Å². The van der Waals surface area contributed by atoms with Gasteiger partial charge in [0.1, 0.15) is 0 Å². The second-order valence-electron chi connectivity index (χ2n) is 4.82. The Morgan fingerprint density at radius 3 is 2.60 bits per heavy atom. The Bertz CT molecular complexity index is 658. The van der Waals surface area contributed by atoms with Gasteiger partial charge in [-0.25, -0.2) is 0 Å². The zero-order chi connectivity index (χ0) is 14.3. The first kappa shape index (κ1) is 14.0.